The van der Waals surface area contributed by atoms with Crippen molar-refractivity contribution in [1.82, 2.24) is 9.78 Å². The molecule has 0 spiro atoms. The van der Waals surface area contributed by atoms with Gasteiger partial charge in [-0.3, -0.25) is 8.89 Å². The van der Waals surface area contributed by atoms with Crippen LogP contribution in [0.1, 0.15) is 16.1 Å². The van der Waals surface area contributed by atoms with E-state index in [9.17, 15) is 9.00 Å². The Kier molecular flexibility index (Phi) is 4.16. The van der Waals surface area contributed by atoms with E-state index in [2.05, 4.69) is 21.0 Å². The molecule has 0 saturated carbocycles. The number of carboxylic acids is 1. The van der Waals surface area contributed by atoms with Crippen molar-refractivity contribution >= 4 is 32.7 Å². The topological polar surface area (TPSA) is 72.2 Å². The number of aromatic nitrogens is 2. The molecule has 1 aromatic carbocycles. The average molecular weight is 343 g/mol. The standard InChI is InChI=1S/C12H11BrN2O3S/c1-15-11(10(6-14-15)12(16)17)7-19(18)9-4-2-3-8(13)5-9/h2-6H,7H2,1H3,(H,16,17). The van der Waals surface area contributed by atoms with E-state index in [4.69, 9.17) is 5.11 Å². The van der Waals surface area contributed by atoms with Crippen LogP contribution in [0.15, 0.2) is 39.8 Å². The van der Waals surface area contributed by atoms with Crippen molar-refractivity contribution in [3.05, 3.63) is 46.2 Å². The number of aryl methyl sites for hydroxylation is 1. The van der Waals surface area contributed by atoms with E-state index in [1.807, 2.05) is 6.07 Å². The van der Waals surface area contributed by atoms with Crippen molar-refractivity contribution in [3.8, 4) is 0 Å². The van der Waals surface area contributed by atoms with E-state index in [1.54, 1.807) is 25.2 Å². The molecule has 0 saturated heterocycles. The number of halogens is 1. The van der Waals surface area contributed by atoms with Crippen molar-refractivity contribution < 1.29 is 14.1 Å². The maximum absolute atomic E-state index is 12.2. The van der Waals surface area contributed by atoms with Gasteiger partial charge in [0.2, 0.25) is 0 Å². The third-order valence-corrected chi connectivity index (χ3v) is 4.43. The molecule has 2 aromatic rings. The van der Waals surface area contributed by atoms with Gasteiger partial charge in [0, 0.05) is 16.4 Å². The molecule has 100 valence electrons. The van der Waals surface area contributed by atoms with Crippen LogP contribution in [-0.2, 0) is 23.6 Å². The number of carboxylic acid groups (broad SMARTS) is 1. The molecule has 1 N–H and O–H groups in total. The van der Waals surface area contributed by atoms with E-state index >= 15 is 0 Å². The molecule has 5 nitrogen and oxygen atoms in total. The normalized spacial score (nSPS) is 12.3. The first-order valence-corrected chi connectivity index (χ1v) is 7.48. The third-order valence-electron chi connectivity index (χ3n) is 2.62. The molecule has 1 unspecified atom stereocenters. The van der Waals surface area contributed by atoms with Crippen LogP contribution in [-0.4, -0.2) is 25.1 Å². The summed E-state index contributed by atoms with van der Waals surface area (Å²) < 4.78 is 14.5. The van der Waals surface area contributed by atoms with Crippen LogP contribution >= 0.6 is 15.9 Å². The van der Waals surface area contributed by atoms with Crippen LogP contribution in [0.5, 0.6) is 0 Å². The SMILES string of the molecule is Cn1ncc(C(=O)O)c1CS(=O)c1cccc(Br)c1. The minimum Gasteiger partial charge on any atom is -0.478 e. The lowest BCUT2D eigenvalue weighted by atomic mass is 10.3. The molecule has 7 heteroatoms. The number of nitrogens with zero attached hydrogens (tertiary/aromatic N) is 2. The molecule has 0 amide bonds. The smallest absolute Gasteiger partial charge is 0.339 e. The zero-order chi connectivity index (χ0) is 14.0. The predicted octanol–water partition coefficient (Wildman–Crippen LogP) is 2.19. The second kappa shape index (κ2) is 5.66. The molecule has 1 atom stereocenters. The molecule has 0 radical (unpaired) electrons. The van der Waals surface area contributed by atoms with E-state index in [-0.39, 0.29) is 11.3 Å². The Morgan fingerprint density at radius 3 is 2.89 bits per heavy atom. The number of carbonyl (C=O) groups is 1. The van der Waals surface area contributed by atoms with Gasteiger partial charge in [-0.05, 0) is 18.2 Å². The lowest BCUT2D eigenvalue weighted by molar-refractivity contribution is 0.0696. The highest BCUT2D eigenvalue weighted by Crippen LogP contribution is 2.18. The minimum absolute atomic E-state index is 0.0887. The van der Waals surface area contributed by atoms with Gasteiger partial charge in [0.15, 0.2) is 0 Å². The Labute approximate surface area is 120 Å². The summed E-state index contributed by atoms with van der Waals surface area (Å²) in [5.74, 6) is -0.941. The molecule has 0 aliphatic rings. The Balaban J connectivity index is 2.29. The fourth-order valence-electron chi connectivity index (χ4n) is 1.63. The predicted molar refractivity (Wildman–Crippen MR) is 74.4 cm³/mol. The molecule has 0 aliphatic carbocycles. The molecule has 1 heterocycles. The lowest BCUT2D eigenvalue weighted by Crippen LogP contribution is -2.08. The maximum atomic E-state index is 12.2. The van der Waals surface area contributed by atoms with Crippen LogP contribution in [0.25, 0.3) is 0 Å². The highest BCUT2D eigenvalue weighted by atomic mass is 79.9. The fraction of sp³-hybridized carbons (Fsp3) is 0.167. The van der Waals surface area contributed by atoms with Crippen molar-refractivity contribution in [3.63, 3.8) is 0 Å². The van der Waals surface area contributed by atoms with Gasteiger partial charge in [-0.2, -0.15) is 5.10 Å². The summed E-state index contributed by atoms with van der Waals surface area (Å²) in [6, 6.07) is 7.14. The van der Waals surface area contributed by atoms with Crippen LogP contribution in [0, 0.1) is 0 Å². The fourth-order valence-corrected chi connectivity index (χ4v) is 3.43. The summed E-state index contributed by atoms with van der Waals surface area (Å²) in [5.41, 5.74) is 0.539. The zero-order valence-electron chi connectivity index (χ0n) is 10.0. The number of hydrogen-bond donors (Lipinski definition) is 1. The highest BCUT2D eigenvalue weighted by Gasteiger charge is 2.18. The zero-order valence-corrected chi connectivity index (χ0v) is 12.4. The van der Waals surface area contributed by atoms with Crippen LogP contribution in [0.4, 0.5) is 0 Å². The Bertz CT molecular complexity index is 654. The van der Waals surface area contributed by atoms with E-state index in [0.29, 0.717) is 10.6 Å². The van der Waals surface area contributed by atoms with Gasteiger partial charge in [0.25, 0.3) is 0 Å². The molecule has 0 aliphatic heterocycles. The van der Waals surface area contributed by atoms with Gasteiger partial charge < -0.3 is 5.11 Å². The first-order chi connectivity index (χ1) is 8.99. The number of hydrogen-bond acceptors (Lipinski definition) is 3. The molecular weight excluding hydrogens is 332 g/mol. The molecule has 19 heavy (non-hydrogen) atoms. The summed E-state index contributed by atoms with van der Waals surface area (Å²) in [5, 5.41) is 12.9. The number of benzene rings is 1. The summed E-state index contributed by atoms with van der Waals surface area (Å²) in [4.78, 5) is 11.7. The van der Waals surface area contributed by atoms with Gasteiger partial charge in [0.1, 0.15) is 5.56 Å². The van der Waals surface area contributed by atoms with Gasteiger partial charge in [-0.25, -0.2) is 4.79 Å². The first-order valence-electron chi connectivity index (χ1n) is 5.37. The monoisotopic (exact) mass is 342 g/mol. The Hall–Kier alpha value is -1.47. The first kappa shape index (κ1) is 14.0. The summed E-state index contributed by atoms with van der Waals surface area (Å²) in [6.07, 6.45) is 1.27. The lowest BCUT2D eigenvalue weighted by Gasteiger charge is -2.05. The van der Waals surface area contributed by atoms with Gasteiger partial charge in [-0.15, -0.1) is 0 Å². The second-order valence-electron chi connectivity index (χ2n) is 3.88. The van der Waals surface area contributed by atoms with Crippen molar-refractivity contribution in [2.45, 2.75) is 10.6 Å². The van der Waals surface area contributed by atoms with Gasteiger partial charge in [-0.1, -0.05) is 22.0 Å². The van der Waals surface area contributed by atoms with Gasteiger partial charge in [0.05, 0.1) is 28.4 Å². The summed E-state index contributed by atoms with van der Waals surface area (Å²) in [6.45, 7) is 0. The number of aromatic carboxylic acids is 1. The van der Waals surface area contributed by atoms with E-state index < -0.39 is 16.8 Å². The molecule has 1 aromatic heterocycles. The minimum atomic E-state index is -1.31. The highest BCUT2D eigenvalue weighted by molar-refractivity contribution is 9.10. The quantitative estimate of drug-likeness (QED) is 0.924. The van der Waals surface area contributed by atoms with E-state index in [1.165, 1.54) is 10.9 Å². The van der Waals surface area contributed by atoms with Crippen LogP contribution in [0.3, 0.4) is 0 Å². The van der Waals surface area contributed by atoms with E-state index in [0.717, 1.165) is 4.47 Å². The second-order valence-corrected chi connectivity index (χ2v) is 6.25. The van der Waals surface area contributed by atoms with Gasteiger partial charge >= 0.3 is 5.97 Å². The Morgan fingerprint density at radius 1 is 1.53 bits per heavy atom. The number of rotatable bonds is 4. The third kappa shape index (κ3) is 3.10. The molecule has 0 bridgehead atoms. The average Bonchev–Trinajstić information content (AvgIpc) is 2.71. The summed E-state index contributed by atoms with van der Waals surface area (Å²) in [7, 11) is 0.324. The largest absolute Gasteiger partial charge is 0.478 e. The van der Waals surface area contributed by atoms with Crippen molar-refractivity contribution in [2.24, 2.45) is 7.05 Å². The summed E-state index contributed by atoms with van der Waals surface area (Å²) >= 11 is 3.31. The van der Waals surface area contributed by atoms with Crippen LogP contribution < -0.4 is 0 Å². The van der Waals surface area contributed by atoms with Crippen molar-refractivity contribution in [1.29, 1.82) is 0 Å². The van der Waals surface area contributed by atoms with Crippen molar-refractivity contribution in [2.75, 3.05) is 0 Å². The molecular formula is C12H11BrN2O3S. The van der Waals surface area contributed by atoms with Crippen LogP contribution in [0.2, 0.25) is 0 Å². The maximum Gasteiger partial charge on any atom is 0.339 e. The molecule has 0 fully saturated rings. The Morgan fingerprint density at radius 2 is 2.26 bits per heavy atom. The molecule has 2 rings (SSSR count).